The highest BCUT2D eigenvalue weighted by Gasteiger charge is 2.38. The Balaban J connectivity index is 1.82. The highest BCUT2D eigenvalue weighted by Crippen LogP contribution is 2.47. The second-order valence-electron chi connectivity index (χ2n) is 7.53. The smallest absolute Gasteiger partial charge is 0.203 e. The summed E-state index contributed by atoms with van der Waals surface area (Å²) in [5, 5.41) is 0. The Hall–Kier alpha value is -1.50. The zero-order chi connectivity index (χ0) is 20.5. The van der Waals surface area contributed by atoms with Crippen LogP contribution < -0.4 is 14.2 Å². The molecular formula is C23H37NO5. The molecule has 0 bridgehead atoms. The standard InChI is InChI=1S/C23H37NO5/c1-4-7-15-27-23-20(26-6-3)10-9-18-21-19(11-16-28-22(18)23)24(13-17-29-21)12-8-14-25-5-2/h9-10,19,21H,4-8,11-17H2,1-3H3. The van der Waals surface area contributed by atoms with Crippen molar-refractivity contribution in [2.24, 2.45) is 0 Å². The molecule has 29 heavy (non-hydrogen) atoms. The van der Waals surface area contributed by atoms with Gasteiger partial charge in [0.15, 0.2) is 11.5 Å². The van der Waals surface area contributed by atoms with Crippen LogP contribution in [0.2, 0.25) is 0 Å². The minimum Gasteiger partial charge on any atom is -0.490 e. The molecule has 2 atom stereocenters. The second kappa shape index (κ2) is 11.6. The van der Waals surface area contributed by atoms with E-state index < -0.39 is 0 Å². The molecule has 2 aliphatic rings. The first-order valence-corrected chi connectivity index (χ1v) is 11.3. The monoisotopic (exact) mass is 407 g/mol. The summed E-state index contributed by atoms with van der Waals surface area (Å²) in [4.78, 5) is 2.54. The molecule has 2 heterocycles. The minimum absolute atomic E-state index is 0.00227. The van der Waals surface area contributed by atoms with Gasteiger partial charge in [-0.3, -0.25) is 4.90 Å². The van der Waals surface area contributed by atoms with Crippen LogP contribution in [0.15, 0.2) is 12.1 Å². The molecule has 0 spiro atoms. The van der Waals surface area contributed by atoms with Crippen LogP contribution in [-0.2, 0) is 9.47 Å². The van der Waals surface area contributed by atoms with Gasteiger partial charge in [-0.1, -0.05) is 13.3 Å². The molecule has 0 radical (unpaired) electrons. The van der Waals surface area contributed by atoms with Crippen LogP contribution in [0, 0.1) is 0 Å². The number of hydrogen-bond acceptors (Lipinski definition) is 6. The van der Waals surface area contributed by atoms with E-state index in [0.717, 1.165) is 81.4 Å². The van der Waals surface area contributed by atoms with E-state index in [9.17, 15) is 0 Å². The lowest BCUT2D eigenvalue weighted by Crippen LogP contribution is -2.47. The lowest BCUT2D eigenvalue weighted by atomic mass is 9.96. The third kappa shape index (κ3) is 5.56. The summed E-state index contributed by atoms with van der Waals surface area (Å²) in [5.74, 6) is 2.29. The number of unbranched alkanes of at least 4 members (excludes halogenated alkanes) is 1. The average Bonchev–Trinajstić information content (AvgIpc) is 2.93. The van der Waals surface area contributed by atoms with Gasteiger partial charge < -0.3 is 23.7 Å². The third-order valence-corrected chi connectivity index (χ3v) is 5.55. The zero-order valence-corrected chi connectivity index (χ0v) is 18.3. The Labute approximate surface area is 175 Å². The summed E-state index contributed by atoms with van der Waals surface area (Å²) in [6.45, 7) is 12.4. The molecule has 3 rings (SSSR count). The predicted octanol–water partition coefficient (Wildman–Crippen LogP) is 4.22. The first-order chi connectivity index (χ1) is 14.3. The number of hydrogen-bond donors (Lipinski definition) is 0. The fourth-order valence-corrected chi connectivity index (χ4v) is 4.13. The number of nitrogens with zero attached hydrogens (tertiary/aromatic N) is 1. The van der Waals surface area contributed by atoms with Gasteiger partial charge in [-0.2, -0.15) is 0 Å². The van der Waals surface area contributed by atoms with Gasteiger partial charge in [0.1, 0.15) is 6.10 Å². The van der Waals surface area contributed by atoms with Crippen molar-refractivity contribution in [2.45, 2.75) is 58.6 Å². The Kier molecular flexibility index (Phi) is 8.90. The maximum atomic E-state index is 6.28. The summed E-state index contributed by atoms with van der Waals surface area (Å²) in [5.41, 5.74) is 1.08. The van der Waals surface area contributed by atoms with Crippen molar-refractivity contribution in [1.29, 1.82) is 0 Å². The maximum Gasteiger partial charge on any atom is 0.203 e. The van der Waals surface area contributed by atoms with Gasteiger partial charge in [0.2, 0.25) is 5.75 Å². The SMILES string of the molecule is CCCCOc1c(OCC)ccc2c1OCCC1C2OCCN1CCCOCC. The lowest BCUT2D eigenvalue weighted by Gasteiger charge is -2.40. The summed E-state index contributed by atoms with van der Waals surface area (Å²) in [6, 6.07) is 4.42. The molecule has 0 amide bonds. The lowest BCUT2D eigenvalue weighted by molar-refractivity contribution is -0.0760. The van der Waals surface area contributed by atoms with Gasteiger partial charge in [-0.25, -0.2) is 0 Å². The average molecular weight is 408 g/mol. The van der Waals surface area contributed by atoms with E-state index >= 15 is 0 Å². The molecule has 1 fully saturated rings. The molecule has 0 aliphatic carbocycles. The van der Waals surface area contributed by atoms with Crippen molar-refractivity contribution < 1.29 is 23.7 Å². The number of ether oxygens (including phenoxy) is 5. The van der Waals surface area contributed by atoms with E-state index in [2.05, 4.69) is 17.9 Å². The van der Waals surface area contributed by atoms with Crippen molar-refractivity contribution in [2.75, 3.05) is 52.7 Å². The van der Waals surface area contributed by atoms with Gasteiger partial charge in [-0.15, -0.1) is 0 Å². The van der Waals surface area contributed by atoms with Crippen LogP contribution in [0.4, 0.5) is 0 Å². The van der Waals surface area contributed by atoms with E-state index in [4.69, 9.17) is 23.7 Å². The van der Waals surface area contributed by atoms with Gasteiger partial charge in [0.05, 0.1) is 26.4 Å². The van der Waals surface area contributed by atoms with Crippen LogP contribution in [0.25, 0.3) is 0 Å². The van der Waals surface area contributed by atoms with Crippen molar-refractivity contribution in [3.8, 4) is 17.2 Å². The topological polar surface area (TPSA) is 49.4 Å². The van der Waals surface area contributed by atoms with Crippen LogP contribution >= 0.6 is 0 Å². The fraction of sp³-hybridized carbons (Fsp3) is 0.739. The van der Waals surface area contributed by atoms with Gasteiger partial charge in [0, 0.05) is 37.9 Å². The van der Waals surface area contributed by atoms with Crippen molar-refractivity contribution in [3.05, 3.63) is 17.7 Å². The van der Waals surface area contributed by atoms with E-state index in [1.54, 1.807) is 0 Å². The largest absolute Gasteiger partial charge is 0.490 e. The molecule has 6 heteroatoms. The first-order valence-electron chi connectivity index (χ1n) is 11.3. The number of rotatable bonds is 11. The van der Waals surface area contributed by atoms with Crippen LogP contribution in [-0.4, -0.2) is 63.7 Å². The Morgan fingerprint density at radius 3 is 2.72 bits per heavy atom. The third-order valence-electron chi connectivity index (χ3n) is 5.55. The van der Waals surface area contributed by atoms with Crippen molar-refractivity contribution >= 4 is 0 Å². The number of morpholine rings is 1. The predicted molar refractivity (Wildman–Crippen MR) is 113 cm³/mol. The summed E-state index contributed by atoms with van der Waals surface area (Å²) in [7, 11) is 0. The summed E-state index contributed by atoms with van der Waals surface area (Å²) >= 11 is 0. The molecule has 2 unspecified atom stereocenters. The molecule has 1 aromatic rings. The van der Waals surface area contributed by atoms with E-state index in [1.807, 2.05) is 19.9 Å². The van der Waals surface area contributed by atoms with Crippen molar-refractivity contribution in [1.82, 2.24) is 4.90 Å². The summed E-state index contributed by atoms with van der Waals surface area (Å²) in [6.07, 6.45) is 4.07. The molecule has 6 nitrogen and oxygen atoms in total. The molecule has 2 aliphatic heterocycles. The zero-order valence-electron chi connectivity index (χ0n) is 18.3. The Bertz CT molecular complexity index is 624. The Morgan fingerprint density at radius 2 is 1.93 bits per heavy atom. The molecule has 1 aromatic carbocycles. The molecule has 0 aromatic heterocycles. The molecule has 0 N–H and O–H groups in total. The van der Waals surface area contributed by atoms with E-state index in [1.165, 1.54) is 0 Å². The number of benzene rings is 1. The van der Waals surface area contributed by atoms with Gasteiger partial charge in [0.25, 0.3) is 0 Å². The van der Waals surface area contributed by atoms with Crippen LogP contribution in [0.1, 0.15) is 58.1 Å². The quantitative estimate of drug-likeness (QED) is 0.512. The van der Waals surface area contributed by atoms with E-state index in [0.29, 0.717) is 25.9 Å². The maximum absolute atomic E-state index is 6.28. The molecular weight excluding hydrogens is 370 g/mol. The minimum atomic E-state index is -0.00227. The molecule has 0 saturated carbocycles. The number of fused-ring (bicyclic) bond motifs is 3. The second-order valence-corrected chi connectivity index (χ2v) is 7.53. The Morgan fingerprint density at radius 1 is 1.03 bits per heavy atom. The van der Waals surface area contributed by atoms with Gasteiger partial charge in [-0.05, 0) is 45.2 Å². The van der Waals surface area contributed by atoms with Crippen molar-refractivity contribution in [3.63, 3.8) is 0 Å². The molecule has 164 valence electrons. The normalized spacial score (nSPS) is 21.6. The first kappa shape index (κ1) is 22.2. The summed E-state index contributed by atoms with van der Waals surface area (Å²) < 4.78 is 30.0. The highest BCUT2D eigenvalue weighted by molar-refractivity contribution is 5.57. The van der Waals surface area contributed by atoms with Crippen LogP contribution in [0.3, 0.4) is 0 Å². The van der Waals surface area contributed by atoms with Gasteiger partial charge >= 0.3 is 0 Å². The fourth-order valence-electron chi connectivity index (χ4n) is 4.13. The van der Waals surface area contributed by atoms with Crippen LogP contribution in [0.5, 0.6) is 17.2 Å². The highest BCUT2D eigenvalue weighted by atomic mass is 16.5. The van der Waals surface area contributed by atoms with E-state index in [-0.39, 0.29) is 6.10 Å². The molecule has 1 saturated heterocycles.